The van der Waals surface area contributed by atoms with Gasteiger partial charge < -0.3 is 10.8 Å². The van der Waals surface area contributed by atoms with Crippen LogP contribution in [0.3, 0.4) is 0 Å². The lowest BCUT2D eigenvalue weighted by atomic mass is 9.98. The van der Waals surface area contributed by atoms with Crippen LogP contribution in [-0.4, -0.2) is 31.3 Å². The molecule has 2 aromatic rings. The van der Waals surface area contributed by atoms with E-state index in [0.717, 1.165) is 0 Å². The number of phenols is 1. The largest absolute Gasteiger partial charge is 0.506 e. The molecule has 2 rings (SSSR count). The van der Waals surface area contributed by atoms with E-state index in [4.69, 9.17) is 5.73 Å². The van der Waals surface area contributed by atoms with Crippen LogP contribution < -0.4 is 5.73 Å². The molecule has 10 heteroatoms. The van der Waals surface area contributed by atoms with Gasteiger partial charge in [-0.25, -0.2) is 0 Å². The summed E-state index contributed by atoms with van der Waals surface area (Å²) in [5.41, 5.74) is 5.19. The maximum atomic E-state index is 11.3. The molecule has 0 unspecified atom stereocenters. The number of carbonyl (C=O) groups is 1. The normalized spacial score (nSPS) is 10.6. The van der Waals surface area contributed by atoms with Crippen molar-refractivity contribution in [3.63, 3.8) is 0 Å². The number of carbonyl (C=O) groups excluding carboxylic acids is 1. The summed E-state index contributed by atoms with van der Waals surface area (Å²) in [4.78, 5) is 22.0. The fourth-order valence-electron chi connectivity index (χ4n) is 2.11. The monoisotopic (exact) mass is 355 g/mol. The van der Waals surface area contributed by atoms with Gasteiger partial charge in [-0.05, 0) is 29.8 Å². The van der Waals surface area contributed by atoms with Gasteiger partial charge in [0, 0.05) is 11.1 Å². The highest BCUT2D eigenvalue weighted by atomic mass is 79.9. The Morgan fingerprint density at radius 2 is 2.00 bits per heavy atom. The zero-order valence-electron chi connectivity index (χ0n) is 11.0. The van der Waals surface area contributed by atoms with Crippen molar-refractivity contribution >= 4 is 27.5 Å². The van der Waals surface area contributed by atoms with Gasteiger partial charge in [0.05, 0.1) is 15.0 Å². The topological polar surface area (TPSA) is 148 Å². The second kappa shape index (κ2) is 5.13. The standard InChI is InChI=1S/C11H10BrN5O4/c1-3-5(7-8(11(13)19)15-16-14-7)10(18)6(12)4(2)9(3)17(20)21/h18H,1-2H3,(H2,13,19)(H,14,15,16). The van der Waals surface area contributed by atoms with Gasteiger partial charge in [0.1, 0.15) is 11.4 Å². The van der Waals surface area contributed by atoms with Crippen LogP contribution in [0.1, 0.15) is 21.6 Å². The minimum absolute atomic E-state index is 0.0294. The molecule has 0 fully saturated rings. The van der Waals surface area contributed by atoms with E-state index >= 15 is 0 Å². The van der Waals surface area contributed by atoms with Gasteiger partial charge in [-0.15, -0.1) is 0 Å². The van der Waals surface area contributed by atoms with Crippen molar-refractivity contribution in [3.8, 4) is 17.0 Å². The molecule has 0 bridgehead atoms. The van der Waals surface area contributed by atoms with Crippen molar-refractivity contribution < 1.29 is 14.8 Å². The van der Waals surface area contributed by atoms with Crippen LogP contribution in [0.4, 0.5) is 5.69 Å². The summed E-state index contributed by atoms with van der Waals surface area (Å²) < 4.78 is 0.147. The van der Waals surface area contributed by atoms with Crippen LogP contribution in [0.25, 0.3) is 11.3 Å². The Bertz CT molecular complexity index is 770. The van der Waals surface area contributed by atoms with E-state index in [1.165, 1.54) is 13.8 Å². The van der Waals surface area contributed by atoms with Crippen LogP contribution in [0.15, 0.2) is 4.47 Å². The molecule has 1 amide bonds. The summed E-state index contributed by atoms with van der Waals surface area (Å²) in [7, 11) is 0. The number of nitrogens with zero attached hydrogens (tertiary/aromatic N) is 3. The van der Waals surface area contributed by atoms with Crippen LogP contribution in [0.5, 0.6) is 5.75 Å². The average Bonchev–Trinajstić information content (AvgIpc) is 2.85. The Morgan fingerprint density at radius 3 is 2.52 bits per heavy atom. The molecule has 0 saturated heterocycles. The molecule has 0 radical (unpaired) electrons. The Morgan fingerprint density at radius 1 is 1.38 bits per heavy atom. The first-order valence-electron chi connectivity index (χ1n) is 5.64. The number of nitrogens with one attached hydrogen (secondary N) is 1. The average molecular weight is 356 g/mol. The molecule has 21 heavy (non-hydrogen) atoms. The van der Waals surface area contributed by atoms with Gasteiger partial charge in [-0.2, -0.15) is 15.4 Å². The highest BCUT2D eigenvalue weighted by molar-refractivity contribution is 9.10. The summed E-state index contributed by atoms with van der Waals surface area (Å²) in [5.74, 6) is -1.14. The van der Waals surface area contributed by atoms with Gasteiger partial charge in [0.2, 0.25) is 0 Å². The zero-order valence-corrected chi connectivity index (χ0v) is 12.6. The number of primary amides is 1. The maximum Gasteiger partial charge on any atom is 0.277 e. The molecule has 9 nitrogen and oxygen atoms in total. The van der Waals surface area contributed by atoms with Crippen molar-refractivity contribution in [1.29, 1.82) is 0 Å². The van der Waals surface area contributed by atoms with E-state index in [1.807, 2.05) is 0 Å². The van der Waals surface area contributed by atoms with E-state index < -0.39 is 10.8 Å². The highest BCUT2D eigenvalue weighted by Gasteiger charge is 2.29. The summed E-state index contributed by atoms with van der Waals surface area (Å²) in [6.45, 7) is 2.95. The zero-order chi connectivity index (χ0) is 15.9. The van der Waals surface area contributed by atoms with Crippen molar-refractivity contribution in [2.75, 3.05) is 0 Å². The predicted octanol–water partition coefficient (Wildman–Crippen LogP) is 1.56. The quantitative estimate of drug-likeness (QED) is 0.561. The maximum absolute atomic E-state index is 11.3. The van der Waals surface area contributed by atoms with Crippen molar-refractivity contribution in [2.45, 2.75) is 13.8 Å². The van der Waals surface area contributed by atoms with E-state index in [9.17, 15) is 20.0 Å². The molecule has 0 saturated carbocycles. The number of nitrogens with two attached hydrogens (primary N) is 1. The minimum atomic E-state index is -0.864. The fraction of sp³-hybridized carbons (Fsp3) is 0.182. The number of nitro groups is 1. The number of phenolic OH excluding ortho intramolecular Hbond substituents is 1. The smallest absolute Gasteiger partial charge is 0.277 e. The Hall–Kier alpha value is -2.49. The Kier molecular flexibility index (Phi) is 3.64. The van der Waals surface area contributed by atoms with Crippen LogP contribution in [0, 0.1) is 24.0 Å². The first-order chi connectivity index (χ1) is 9.77. The Balaban J connectivity index is 2.90. The van der Waals surface area contributed by atoms with Gasteiger partial charge in [0.15, 0.2) is 5.69 Å². The summed E-state index contributed by atoms with van der Waals surface area (Å²) in [5, 5.41) is 31.0. The molecular formula is C11H10BrN5O4. The lowest BCUT2D eigenvalue weighted by molar-refractivity contribution is -0.386. The molecule has 0 aliphatic carbocycles. The number of hydrogen-bond donors (Lipinski definition) is 3. The number of rotatable bonds is 3. The van der Waals surface area contributed by atoms with Crippen LogP contribution in [-0.2, 0) is 0 Å². The highest BCUT2D eigenvalue weighted by Crippen LogP contribution is 2.45. The molecule has 0 spiro atoms. The number of hydrogen-bond acceptors (Lipinski definition) is 6. The van der Waals surface area contributed by atoms with E-state index in [2.05, 4.69) is 31.3 Å². The van der Waals surface area contributed by atoms with Crippen LogP contribution in [0.2, 0.25) is 0 Å². The number of aromatic nitrogens is 3. The molecule has 1 heterocycles. The first-order valence-corrected chi connectivity index (χ1v) is 6.43. The predicted molar refractivity (Wildman–Crippen MR) is 75.8 cm³/mol. The summed E-state index contributed by atoms with van der Waals surface area (Å²) in [6, 6.07) is 0. The number of halogens is 1. The van der Waals surface area contributed by atoms with Crippen molar-refractivity contribution in [2.24, 2.45) is 5.73 Å². The summed E-state index contributed by atoms with van der Waals surface area (Å²) in [6.07, 6.45) is 0. The third kappa shape index (κ3) is 2.23. The number of aromatic hydroxyl groups is 1. The van der Waals surface area contributed by atoms with Gasteiger partial charge >= 0.3 is 0 Å². The van der Waals surface area contributed by atoms with Crippen LogP contribution >= 0.6 is 15.9 Å². The molecule has 0 atom stereocenters. The first kappa shape index (κ1) is 14.9. The number of amides is 1. The van der Waals surface area contributed by atoms with Gasteiger partial charge in [-0.3, -0.25) is 14.9 Å². The molecule has 1 aromatic carbocycles. The number of H-pyrrole nitrogens is 1. The third-order valence-corrected chi connectivity index (χ3v) is 4.03. The number of aromatic amines is 1. The molecule has 4 N–H and O–H groups in total. The third-order valence-electron chi connectivity index (χ3n) is 3.06. The van der Waals surface area contributed by atoms with E-state index in [-0.39, 0.29) is 44.0 Å². The van der Waals surface area contributed by atoms with Gasteiger partial charge in [-0.1, -0.05) is 0 Å². The summed E-state index contributed by atoms with van der Waals surface area (Å²) >= 11 is 3.10. The fourth-order valence-corrected chi connectivity index (χ4v) is 2.50. The minimum Gasteiger partial charge on any atom is -0.506 e. The lowest BCUT2D eigenvalue weighted by Crippen LogP contribution is -2.13. The van der Waals surface area contributed by atoms with Crippen molar-refractivity contribution in [3.05, 3.63) is 31.4 Å². The molecular weight excluding hydrogens is 346 g/mol. The van der Waals surface area contributed by atoms with E-state index in [0.29, 0.717) is 0 Å². The number of nitro benzene ring substituents is 1. The second-order valence-electron chi connectivity index (χ2n) is 4.28. The Labute approximate surface area is 126 Å². The lowest BCUT2D eigenvalue weighted by Gasteiger charge is -2.12. The van der Waals surface area contributed by atoms with Gasteiger partial charge in [0.25, 0.3) is 11.6 Å². The van der Waals surface area contributed by atoms with E-state index in [1.54, 1.807) is 0 Å². The molecule has 110 valence electrons. The SMILES string of the molecule is Cc1c(Br)c(O)c(-c2n[nH]nc2C(N)=O)c(C)c1[N+](=O)[O-]. The number of benzene rings is 1. The van der Waals surface area contributed by atoms with Crippen molar-refractivity contribution in [1.82, 2.24) is 15.4 Å². The molecule has 0 aliphatic heterocycles. The molecule has 1 aromatic heterocycles. The second-order valence-corrected chi connectivity index (χ2v) is 5.07. The molecule has 0 aliphatic rings.